The summed E-state index contributed by atoms with van der Waals surface area (Å²) in [6, 6.07) is 16.6. The Bertz CT molecular complexity index is 1390. The predicted octanol–water partition coefficient (Wildman–Crippen LogP) is 4.54. The molecule has 0 saturated carbocycles. The van der Waals surface area contributed by atoms with Crippen LogP contribution in [-0.2, 0) is 23.0 Å². The van der Waals surface area contributed by atoms with Crippen molar-refractivity contribution in [3.05, 3.63) is 81.7 Å². The van der Waals surface area contributed by atoms with Gasteiger partial charge in [0.2, 0.25) is 0 Å². The first-order chi connectivity index (χ1) is 14.9. The predicted molar refractivity (Wildman–Crippen MR) is 123 cm³/mol. The number of hydrogen-bond acceptors (Lipinski definition) is 4. The Morgan fingerprint density at radius 1 is 1.10 bits per heavy atom. The zero-order valence-electron chi connectivity index (χ0n) is 16.9. The van der Waals surface area contributed by atoms with Crippen molar-refractivity contribution in [1.29, 1.82) is 0 Å². The van der Waals surface area contributed by atoms with Gasteiger partial charge in [0.1, 0.15) is 9.77 Å². The van der Waals surface area contributed by atoms with Crippen molar-refractivity contribution in [2.24, 2.45) is 0 Å². The van der Waals surface area contributed by atoms with Gasteiger partial charge in [-0.2, -0.15) is 0 Å². The second-order valence-corrected chi connectivity index (χ2v) is 10.3. The lowest BCUT2D eigenvalue weighted by Crippen LogP contribution is -2.36. The van der Waals surface area contributed by atoms with Gasteiger partial charge in [0.15, 0.2) is 0 Å². The van der Waals surface area contributed by atoms with Gasteiger partial charge in [-0.3, -0.25) is 9.52 Å². The van der Waals surface area contributed by atoms with Crippen LogP contribution in [0.2, 0.25) is 0 Å². The molecule has 1 aliphatic rings. The number of sulfonamides is 1. The number of para-hydroxylation sites is 1. The molecule has 0 fully saturated rings. The maximum absolute atomic E-state index is 13.3. The monoisotopic (exact) mass is 451 g/mol. The number of rotatable bonds is 4. The lowest BCUT2D eigenvalue weighted by Gasteiger charge is -2.27. The lowest BCUT2D eigenvalue weighted by atomic mass is 10.0. The first-order valence-electron chi connectivity index (χ1n) is 9.97. The zero-order chi connectivity index (χ0) is 21.6. The molecule has 6 nitrogen and oxygen atoms in total. The molecule has 3 heterocycles. The zero-order valence-corrected chi connectivity index (χ0v) is 18.5. The average Bonchev–Trinajstić information content (AvgIpc) is 3.40. The van der Waals surface area contributed by atoms with Gasteiger partial charge in [-0.25, -0.2) is 8.42 Å². The van der Waals surface area contributed by atoms with Crippen LogP contribution >= 0.6 is 11.3 Å². The Labute approximate surface area is 184 Å². The number of carbonyl (C=O) groups excluding carboxylic acids is 1. The van der Waals surface area contributed by atoms with Crippen molar-refractivity contribution >= 4 is 43.9 Å². The summed E-state index contributed by atoms with van der Waals surface area (Å²) >= 11 is 1.16. The van der Waals surface area contributed by atoms with Crippen LogP contribution in [0.1, 0.15) is 26.5 Å². The average molecular weight is 452 g/mol. The van der Waals surface area contributed by atoms with E-state index in [1.54, 1.807) is 22.4 Å². The van der Waals surface area contributed by atoms with Crippen LogP contribution in [0.4, 0.5) is 5.69 Å². The summed E-state index contributed by atoms with van der Waals surface area (Å²) in [5.74, 6) is -0.254. The van der Waals surface area contributed by atoms with Crippen LogP contribution in [0.25, 0.3) is 10.9 Å². The second kappa shape index (κ2) is 7.55. The van der Waals surface area contributed by atoms with E-state index in [2.05, 4.69) is 9.71 Å². The van der Waals surface area contributed by atoms with E-state index < -0.39 is 10.0 Å². The number of carbonyl (C=O) groups is 1. The molecule has 4 aromatic rings. The van der Waals surface area contributed by atoms with E-state index in [1.165, 1.54) is 6.07 Å². The van der Waals surface area contributed by atoms with Crippen molar-refractivity contribution in [3.63, 3.8) is 0 Å². The molecule has 31 heavy (non-hydrogen) atoms. The molecule has 2 N–H and O–H groups in total. The molecule has 158 valence electrons. The minimum atomic E-state index is -3.87. The number of aromatic amines is 1. The number of fused-ring (bicyclic) bond motifs is 3. The van der Waals surface area contributed by atoms with E-state index in [0.717, 1.165) is 39.1 Å². The fraction of sp³-hybridized carbons (Fsp3) is 0.174. The SMILES string of the molecule is Cc1ccc(NS(=O)(=O)c2ccsc2C(=O)N2CCc3[nH]c4ccccc4c3C2)cc1. The van der Waals surface area contributed by atoms with Crippen molar-refractivity contribution < 1.29 is 13.2 Å². The van der Waals surface area contributed by atoms with Crippen LogP contribution in [-0.4, -0.2) is 30.8 Å². The first-order valence-corrected chi connectivity index (χ1v) is 12.3. The van der Waals surface area contributed by atoms with Gasteiger partial charge in [-0.05, 0) is 36.6 Å². The smallest absolute Gasteiger partial charge is 0.265 e. The third-order valence-electron chi connectivity index (χ3n) is 5.59. The van der Waals surface area contributed by atoms with Gasteiger partial charge in [-0.15, -0.1) is 11.3 Å². The quantitative estimate of drug-likeness (QED) is 0.478. The number of aryl methyl sites for hydroxylation is 1. The lowest BCUT2D eigenvalue weighted by molar-refractivity contribution is 0.0736. The van der Waals surface area contributed by atoms with Crippen LogP contribution < -0.4 is 4.72 Å². The molecule has 0 saturated heterocycles. The molecular weight excluding hydrogens is 430 g/mol. The van der Waals surface area contributed by atoms with Crippen LogP contribution in [0.5, 0.6) is 0 Å². The van der Waals surface area contributed by atoms with E-state index in [0.29, 0.717) is 25.2 Å². The number of nitrogens with one attached hydrogen (secondary N) is 2. The second-order valence-electron chi connectivity index (χ2n) is 7.69. The van der Waals surface area contributed by atoms with E-state index in [9.17, 15) is 13.2 Å². The maximum atomic E-state index is 13.3. The molecule has 8 heteroatoms. The van der Waals surface area contributed by atoms with Crippen molar-refractivity contribution in [2.45, 2.75) is 24.8 Å². The highest BCUT2D eigenvalue weighted by molar-refractivity contribution is 7.93. The van der Waals surface area contributed by atoms with Gasteiger partial charge in [0, 0.05) is 47.4 Å². The molecule has 0 atom stereocenters. The van der Waals surface area contributed by atoms with Gasteiger partial charge in [0.25, 0.3) is 15.9 Å². The number of anilines is 1. The van der Waals surface area contributed by atoms with Gasteiger partial charge >= 0.3 is 0 Å². The molecule has 1 amide bonds. The molecule has 0 unspecified atom stereocenters. The fourth-order valence-corrected chi connectivity index (χ4v) is 6.43. The van der Waals surface area contributed by atoms with Crippen molar-refractivity contribution in [3.8, 4) is 0 Å². The number of aromatic nitrogens is 1. The molecule has 2 aromatic carbocycles. The fourth-order valence-electron chi connectivity index (χ4n) is 3.98. The Morgan fingerprint density at radius 2 is 1.87 bits per heavy atom. The highest BCUT2D eigenvalue weighted by Gasteiger charge is 2.30. The third-order valence-corrected chi connectivity index (χ3v) is 8.04. The van der Waals surface area contributed by atoms with Gasteiger partial charge < -0.3 is 9.88 Å². The Morgan fingerprint density at radius 3 is 2.68 bits per heavy atom. The van der Waals surface area contributed by atoms with Crippen LogP contribution in [0.15, 0.2) is 64.9 Å². The standard InChI is InChI=1S/C23H21N3O3S2/c1-15-6-8-16(9-7-15)25-31(28,29)21-11-13-30-22(21)23(27)26-12-10-20-18(14-26)17-4-2-3-5-19(17)24-20/h2-9,11,13,24-25H,10,12,14H2,1H3. The minimum absolute atomic E-state index is 0.0211. The maximum Gasteiger partial charge on any atom is 0.265 e. The molecule has 0 aliphatic carbocycles. The summed E-state index contributed by atoms with van der Waals surface area (Å²) in [5, 5.41) is 2.76. The summed E-state index contributed by atoms with van der Waals surface area (Å²) in [6.07, 6.45) is 0.713. The number of amides is 1. The van der Waals surface area contributed by atoms with Gasteiger partial charge in [0.05, 0.1) is 0 Å². The highest BCUT2D eigenvalue weighted by atomic mass is 32.2. The Balaban J connectivity index is 1.42. The van der Waals surface area contributed by atoms with Crippen LogP contribution in [0, 0.1) is 6.92 Å². The summed E-state index contributed by atoms with van der Waals surface area (Å²) in [7, 11) is -3.87. The topological polar surface area (TPSA) is 82.3 Å². The number of benzene rings is 2. The van der Waals surface area contributed by atoms with Crippen molar-refractivity contribution in [1.82, 2.24) is 9.88 Å². The van der Waals surface area contributed by atoms with Crippen LogP contribution in [0.3, 0.4) is 0 Å². The highest BCUT2D eigenvalue weighted by Crippen LogP contribution is 2.31. The Hall–Kier alpha value is -3.10. The van der Waals surface area contributed by atoms with E-state index in [1.807, 2.05) is 43.3 Å². The molecular formula is C23H21N3O3S2. The number of hydrogen-bond donors (Lipinski definition) is 2. The molecule has 0 radical (unpaired) electrons. The largest absolute Gasteiger partial charge is 0.358 e. The summed E-state index contributed by atoms with van der Waals surface area (Å²) in [5.41, 5.74) is 4.82. The molecule has 0 spiro atoms. The Kier molecular flexibility index (Phi) is 4.83. The molecule has 2 aromatic heterocycles. The number of thiophene rings is 1. The first kappa shape index (κ1) is 19.8. The van der Waals surface area contributed by atoms with E-state index >= 15 is 0 Å². The molecule has 0 bridgehead atoms. The van der Waals surface area contributed by atoms with Gasteiger partial charge in [-0.1, -0.05) is 35.9 Å². The third kappa shape index (κ3) is 3.62. The summed E-state index contributed by atoms with van der Waals surface area (Å²) in [4.78, 5) is 18.8. The molecule has 5 rings (SSSR count). The summed E-state index contributed by atoms with van der Waals surface area (Å²) in [6.45, 7) is 2.94. The number of nitrogens with zero attached hydrogens (tertiary/aromatic N) is 1. The molecule has 1 aliphatic heterocycles. The van der Waals surface area contributed by atoms with Crippen molar-refractivity contribution in [2.75, 3.05) is 11.3 Å². The summed E-state index contributed by atoms with van der Waals surface area (Å²) < 4.78 is 28.6. The normalized spacial score (nSPS) is 13.9. The van der Waals surface area contributed by atoms with E-state index in [-0.39, 0.29) is 15.7 Å². The minimum Gasteiger partial charge on any atom is -0.358 e. The number of H-pyrrole nitrogens is 1. The van der Waals surface area contributed by atoms with E-state index in [4.69, 9.17) is 0 Å².